The van der Waals surface area contributed by atoms with E-state index in [0.29, 0.717) is 0 Å². The van der Waals surface area contributed by atoms with E-state index in [1.165, 1.54) is 11.3 Å². The van der Waals surface area contributed by atoms with Crippen molar-refractivity contribution in [1.82, 2.24) is 20.2 Å². The number of anilines is 1. The second kappa shape index (κ2) is 6.10. The van der Waals surface area contributed by atoms with Gasteiger partial charge >= 0.3 is 0 Å². The van der Waals surface area contributed by atoms with Gasteiger partial charge in [-0.3, -0.25) is 4.79 Å². The zero-order valence-corrected chi connectivity index (χ0v) is 14.5. The minimum absolute atomic E-state index is 0.0896. The third kappa shape index (κ3) is 2.78. The van der Waals surface area contributed by atoms with Gasteiger partial charge in [-0.15, -0.1) is 16.4 Å². The Morgan fingerprint density at radius 1 is 1.16 bits per heavy atom. The van der Waals surface area contributed by atoms with Crippen LogP contribution in [0.3, 0.4) is 0 Å². The zero-order chi connectivity index (χ0) is 17.4. The van der Waals surface area contributed by atoms with Gasteiger partial charge in [0, 0.05) is 10.4 Å². The van der Waals surface area contributed by atoms with Crippen LogP contribution < -0.4 is 5.32 Å². The largest absolute Gasteiger partial charge is 0.321 e. The van der Waals surface area contributed by atoms with Crippen molar-refractivity contribution < 1.29 is 4.79 Å². The molecule has 2 aromatic carbocycles. The van der Waals surface area contributed by atoms with Crippen molar-refractivity contribution in [3.05, 3.63) is 64.8 Å². The topological polar surface area (TPSA) is 72.7 Å². The van der Waals surface area contributed by atoms with E-state index in [4.69, 9.17) is 0 Å². The molecule has 0 unspecified atom stereocenters. The number of nitrogens with zero attached hydrogens (tertiary/aromatic N) is 4. The van der Waals surface area contributed by atoms with Gasteiger partial charge < -0.3 is 5.32 Å². The number of tetrazole rings is 1. The van der Waals surface area contributed by atoms with Crippen LogP contribution in [0.4, 0.5) is 5.69 Å². The van der Waals surface area contributed by atoms with Gasteiger partial charge in [-0.05, 0) is 65.1 Å². The molecule has 0 atom stereocenters. The molecule has 0 aliphatic heterocycles. The first kappa shape index (κ1) is 15.5. The molecular weight excluding hydrogens is 334 g/mol. The highest BCUT2D eigenvalue weighted by Gasteiger charge is 2.15. The Bertz CT molecular complexity index is 1070. The summed E-state index contributed by atoms with van der Waals surface area (Å²) in [5.74, 6) is -0.0896. The Balaban J connectivity index is 1.62. The second-order valence-corrected chi connectivity index (χ2v) is 6.81. The summed E-state index contributed by atoms with van der Waals surface area (Å²) < 4.78 is 2.72. The summed E-state index contributed by atoms with van der Waals surface area (Å²) in [7, 11) is 0. The van der Waals surface area contributed by atoms with Crippen LogP contribution in [0.25, 0.3) is 15.8 Å². The smallest absolute Gasteiger partial charge is 0.266 e. The Morgan fingerprint density at radius 2 is 2.00 bits per heavy atom. The molecular formula is C18H15N5OS. The SMILES string of the molecule is Cc1cc(NC(=O)c2sc3ccccc3c2C)ccc1-n1cnnn1. The third-order valence-electron chi connectivity index (χ3n) is 4.10. The molecule has 2 heterocycles. The first-order valence-corrected chi connectivity index (χ1v) is 8.58. The molecule has 1 N–H and O–H groups in total. The summed E-state index contributed by atoms with van der Waals surface area (Å²) in [5.41, 5.74) is 3.61. The van der Waals surface area contributed by atoms with E-state index in [2.05, 4.69) is 20.8 Å². The second-order valence-electron chi connectivity index (χ2n) is 5.76. The van der Waals surface area contributed by atoms with Crippen LogP contribution in [-0.2, 0) is 0 Å². The quantitative estimate of drug-likeness (QED) is 0.611. The fourth-order valence-electron chi connectivity index (χ4n) is 2.84. The van der Waals surface area contributed by atoms with E-state index < -0.39 is 0 Å². The fraction of sp³-hybridized carbons (Fsp3) is 0.111. The highest BCUT2D eigenvalue weighted by Crippen LogP contribution is 2.31. The number of benzene rings is 2. The fourth-order valence-corrected chi connectivity index (χ4v) is 3.95. The maximum atomic E-state index is 12.7. The first-order valence-electron chi connectivity index (χ1n) is 7.77. The average molecular weight is 349 g/mol. The molecule has 1 amide bonds. The number of amides is 1. The minimum atomic E-state index is -0.0896. The van der Waals surface area contributed by atoms with E-state index in [0.717, 1.165) is 37.5 Å². The van der Waals surface area contributed by atoms with Crippen molar-refractivity contribution in [2.45, 2.75) is 13.8 Å². The average Bonchev–Trinajstić information content (AvgIpc) is 3.24. The van der Waals surface area contributed by atoms with Crippen LogP contribution >= 0.6 is 11.3 Å². The molecule has 4 aromatic rings. The summed E-state index contributed by atoms with van der Waals surface area (Å²) in [4.78, 5) is 13.4. The lowest BCUT2D eigenvalue weighted by Crippen LogP contribution is -2.11. The van der Waals surface area contributed by atoms with Gasteiger partial charge in [0.25, 0.3) is 5.91 Å². The molecule has 2 aromatic heterocycles. The summed E-state index contributed by atoms with van der Waals surface area (Å²) in [6.45, 7) is 3.94. The van der Waals surface area contributed by atoms with E-state index in [9.17, 15) is 4.79 Å². The summed E-state index contributed by atoms with van der Waals surface area (Å²) in [6, 6.07) is 13.7. The Kier molecular flexibility index (Phi) is 3.77. The molecule has 0 fully saturated rings. The monoisotopic (exact) mass is 349 g/mol. The molecule has 0 aliphatic rings. The van der Waals surface area contributed by atoms with Crippen molar-refractivity contribution in [3.63, 3.8) is 0 Å². The Morgan fingerprint density at radius 3 is 2.72 bits per heavy atom. The van der Waals surface area contributed by atoms with Crippen molar-refractivity contribution >= 4 is 33.0 Å². The van der Waals surface area contributed by atoms with Gasteiger partial charge in [-0.1, -0.05) is 18.2 Å². The molecule has 0 saturated carbocycles. The zero-order valence-electron chi connectivity index (χ0n) is 13.7. The van der Waals surface area contributed by atoms with E-state index in [1.54, 1.807) is 11.0 Å². The van der Waals surface area contributed by atoms with Crippen molar-refractivity contribution in [2.24, 2.45) is 0 Å². The first-order chi connectivity index (χ1) is 12.1. The van der Waals surface area contributed by atoms with Crippen molar-refractivity contribution in [1.29, 1.82) is 0 Å². The number of aromatic nitrogens is 4. The number of hydrogen-bond acceptors (Lipinski definition) is 5. The van der Waals surface area contributed by atoms with E-state index in [-0.39, 0.29) is 5.91 Å². The summed E-state index contributed by atoms with van der Waals surface area (Å²) in [6.07, 6.45) is 1.54. The molecule has 0 spiro atoms. The van der Waals surface area contributed by atoms with Gasteiger partial charge in [-0.2, -0.15) is 0 Å². The number of aryl methyl sites for hydroxylation is 2. The number of rotatable bonds is 3. The van der Waals surface area contributed by atoms with Crippen LogP contribution in [0.1, 0.15) is 20.8 Å². The lowest BCUT2D eigenvalue weighted by atomic mass is 10.1. The molecule has 0 bridgehead atoms. The minimum Gasteiger partial charge on any atom is -0.321 e. The number of carbonyl (C=O) groups is 1. The van der Waals surface area contributed by atoms with Gasteiger partial charge in [0.1, 0.15) is 6.33 Å². The molecule has 0 saturated heterocycles. The number of thiophene rings is 1. The maximum absolute atomic E-state index is 12.7. The molecule has 7 heteroatoms. The van der Waals surface area contributed by atoms with Crippen molar-refractivity contribution in [2.75, 3.05) is 5.32 Å². The normalized spacial score (nSPS) is 11.0. The summed E-state index contributed by atoms with van der Waals surface area (Å²) in [5, 5.41) is 15.3. The van der Waals surface area contributed by atoms with Crippen molar-refractivity contribution in [3.8, 4) is 5.69 Å². The van der Waals surface area contributed by atoms with Gasteiger partial charge in [0.15, 0.2) is 0 Å². The van der Waals surface area contributed by atoms with Gasteiger partial charge in [-0.25, -0.2) is 4.68 Å². The molecule has 6 nitrogen and oxygen atoms in total. The number of fused-ring (bicyclic) bond motifs is 1. The van der Waals surface area contributed by atoms with Crippen LogP contribution in [0.5, 0.6) is 0 Å². The molecule has 4 rings (SSSR count). The predicted molar refractivity (Wildman–Crippen MR) is 98.4 cm³/mol. The number of carbonyl (C=O) groups excluding carboxylic acids is 1. The van der Waals surface area contributed by atoms with Gasteiger partial charge in [0.05, 0.1) is 10.6 Å². The van der Waals surface area contributed by atoms with Crippen LogP contribution in [-0.4, -0.2) is 26.1 Å². The van der Waals surface area contributed by atoms with Crippen LogP contribution in [0.15, 0.2) is 48.8 Å². The van der Waals surface area contributed by atoms with Gasteiger partial charge in [0.2, 0.25) is 0 Å². The number of hydrogen-bond donors (Lipinski definition) is 1. The standard InChI is InChI=1S/C18H15N5OS/c1-11-9-13(7-8-15(11)23-10-19-21-22-23)20-18(24)17-12(2)14-5-3-4-6-16(14)25-17/h3-10H,1-2H3,(H,20,24). The molecule has 0 radical (unpaired) electrons. The number of nitrogens with one attached hydrogen (secondary N) is 1. The molecule has 0 aliphatic carbocycles. The van der Waals surface area contributed by atoms with Crippen LogP contribution in [0, 0.1) is 13.8 Å². The molecule has 25 heavy (non-hydrogen) atoms. The van der Waals surface area contributed by atoms with Crippen LogP contribution in [0.2, 0.25) is 0 Å². The molecule has 124 valence electrons. The predicted octanol–water partition coefficient (Wildman–Crippen LogP) is 3.75. The highest BCUT2D eigenvalue weighted by atomic mass is 32.1. The van der Waals surface area contributed by atoms with E-state index in [1.807, 2.05) is 56.3 Å². The summed E-state index contributed by atoms with van der Waals surface area (Å²) >= 11 is 1.51. The maximum Gasteiger partial charge on any atom is 0.266 e. The third-order valence-corrected chi connectivity index (χ3v) is 5.37. The van der Waals surface area contributed by atoms with E-state index >= 15 is 0 Å². The lowest BCUT2D eigenvalue weighted by molar-refractivity contribution is 0.103. The lowest BCUT2D eigenvalue weighted by Gasteiger charge is -2.09. The highest BCUT2D eigenvalue weighted by molar-refractivity contribution is 7.21. The Labute approximate surface area is 148 Å². The Hall–Kier alpha value is -3.06.